The van der Waals surface area contributed by atoms with Gasteiger partial charge < -0.3 is 20.4 Å². The molecule has 0 aromatic heterocycles. The van der Waals surface area contributed by atoms with Gasteiger partial charge in [0.2, 0.25) is 0 Å². The van der Waals surface area contributed by atoms with Crippen molar-refractivity contribution in [1.29, 1.82) is 0 Å². The smallest absolute Gasteiger partial charge is 0.317 e. The predicted octanol–water partition coefficient (Wildman–Crippen LogP) is 0.511. The van der Waals surface area contributed by atoms with Gasteiger partial charge in [0.15, 0.2) is 0 Å². The van der Waals surface area contributed by atoms with Gasteiger partial charge in [0.25, 0.3) is 0 Å². The molecule has 0 bridgehead atoms. The minimum atomic E-state index is -0.878. The highest BCUT2D eigenvalue weighted by Crippen LogP contribution is 2.16. The van der Waals surface area contributed by atoms with Gasteiger partial charge in [-0.25, -0.2) is 4.79 Å². The number of rotatable bonds is 5. The zero-order chi connectivity index (χ0) is 13.5. The normalized spacial score (nSPS) is 18.4. The molecule has 0 radical (unpaired) electrons. The van der Waals surface area contributed by atoms with Crippen molar-refractivity contribution in [2.75, 3.05) is 26.2 Å². The van der Waals surface area contributed by atoms with Crippen LogP contribution < -0.4 is 5.32 Å². The molecule has 6 nitrogen and oxygen atoms in total. The molecule has 1 aliphatic heterocycles. The number of aliphatic hydroxyl groups is 1. The van der Waals surface area contributed by atoms with E-state index >= 15 is 0 Å². The van der Waals surface area contributed by atoms with Crippen molar-refractivity contribution in [1.82, 2.24) is 10.2 Å². The van der Waals surface area contributed by atoms with Crippen molar-refractivity contribution in [3.8, 4) is 0 Å². The van der Waals surface area contributed by atoms with E-state index in [0.29, 0.717) is 19.5 Å². The highest BCUT2D eigenvalue weighted by Gasteiger charge is 2.23. The monoisotopic (exact) mass is 258 g/mol. The lowest BCUT2D eigenvalue weighted by Crippen LogP contribution is -2.46. The van der Waals surface area contributed by atoms with E-state index in [1.54, 1.807) is 11.8 Å². The molecule has 2 amide bonds. The molecular formula is C12H22N2O4. The fourth-order valence-electron chi connectivity index (χ4n) is 2.05. The minimum Gasteiger partial charge on any atom is -0.481 e. The van der Waals surface area contributed by atoms with Crippen LogP contribution in [0, 0.1) is 11.8 Å². The topological polar surface area (TPSA) is 89.9 Å². The first kappa shape index (κ1) is 14.8. The Labute approximate surface area is 107 Å². The first-order valence-electron chi connectivity index (χ1n) is 6.44. The third-order valence-corrected chi connectivity index (χ3v) is 3.50. The lowest BCUT2D eigenvalue weighted by atomic mass is 9.98. The molecule has 0 spiro atoms. The predicted molar refractivity (Wildman–Crippen MR) is 66.2 cm³/mol. The van der Waals surface area contributed by atoms with E-state index in [-0.39, 0.29) is 25.1 Å². The van der Waals surface area contributed by atoms with Crippen LogP contribution >= 0.6 is 0 Å². The summed E-state index contributed by atoms with van der Waals surface area (Å²) in [5.74, 6) is -1.11. The van der Waals surface area contributed by atoms with Gasteiger partial charge in [-0.1, -0.05) is 6.92 Å². The Morgan fingerprint density at radius 2 is 2.00 bits per heavy atom. The number of nitrogens with one attached hydrogen (secondary N) is 1. The highest BCUT2D eigenvalue weighted by atomic mass is 16.4. The summed E-state index contributed by atoms with van der Waals surface area (Å²) in [6.07, 6.45) is 2.11. The van der Waals surface area contributed by atoms with E-state index in [9.17, 15) is 9.59 Å². The van der Waals surface area contributed by atoms with Crippen LogP contribution in [0.3, 0.4) is 0 Å². The number of aliphatic carboxylic acids is 1. The van der Waals surface area contributed by atoms with Crippen molar-refractivity contribution in [3.63, 3.8) is 0 Å². The van der Waals surface area contributed by atoms with E-state index in [1.165, 1.54) is 0 Å². The lowest BCUT2D eigenvalue weighted by Gasteiger charge is -2.31. The Balaban J connectivity index is 2.31. The van der Waals surface area contributed by atoms with Crippen molar-refractivity contribution >= 4 is 12.0 Å². The number of nitrogens with zero attached hydrogens (tertiary/aromatic N) is 1. The average Bonchev–Trinajstić information content (AvgIpc) is 2.39. The Kier molecular flexibility index (Phi) is 5.91. The first-order valence-corrected chi connectivity index (χ1v) is 6.44. The second-order valence-electron chi connectivity index (χ2n) is 4.74. The van der Waals surface area contributed by atoms with Gasteiger partial charge in [0.05, 0.1) is 5.92 Å². The molecule has 0 saturated carbocycles. The molecule has 1 fully saturated rings. The van der Waals surface area contributed by atoms with Crippen molar-refractivity contribution in [2.24, 2.45) is 11.8 Å². The second-order valence-corrected chi connectivity index (χ2v) is 4.74. The number of amides is 2. The van der Waals surface area contributed by atoms with Crippen molar-refractivity contribution < 1.29 is 19.8 Å². The molecule has 1 rings (SSSR count). The number of hydrogen-bond acceptors (Lipinski definition) is 3. The summed E-state index contributed by atoms with van der Waals surface area (Å²) in [6.45, 7) is 3.39. The van der Waals surface area contributed by atoms with Crippen LogP contribution in [0.4, 0.5) is 4.79 Å². The van der Waals surface area contributed by atoms with Gasteiger partial charge in [-0.15, -0.1) is 0 Å². The van der Waals surface area contributed by atoms with Crippen LogP contribution in [0.15, 0.2) is 0 Å². The van der Waals surface area contributed by atoms with Crippen LogP contribution in [0.1, 0.15) is 26.2 Å². The maximum Gasteiger partial charge on any atom is 0.317 e. The number of hydrogen-bond donors (Lipinski definition) is 3. The molecular weight excluding hydrogens is 236 g/mol. The Morgan fingerprint density at radius 1 is 1.39 bits per heavy atom. The molecule has 0 aromatic carbocycles. The molecule has 1 aliphatic rings. The van der Waals surface area contributed by atoms with Gasteiger partial charge in [-0.2, -0.15) is 0 Å². The van der Waals surface area contributed by atoms with Crippen LogP contribution in [0.25, 0.3) is 0 Å². The van der Waals surface area contributed by atoms with E-state index in [4.69, 9.17) is 10.2 Å². The molecule has 3 N–H and O–H groups in total. The van der Waals surface area contributed by atoms with Crippen molar-refractivity contribution in [2.45, 2.75) is 26.2 Å². The number of likely N-dealkylation sites (tertiary alicyclic amines) is 1. The molecule has 1 saturated heterocycles. The largest absolute Gasteiger partial charge is 0.481 e. The first-order chi connectivity index (χ1) is 8.58. The van der Waals surface area contributed by atoms with Crippen LogP contribution in [0.5, 0.6) is 0 Å². The summed E-state index contributed by atoms with van der Waals surface area (Å²) in [7, 11) is 0. The van der Waals surface area contributed by atoms with Gasteiger partial charge in [0, 0.05) is 26.2 Å². The Hall–Kier alpha value is -1.30. The molecule has 0 aromatic rings. The average molecular weight is 258 g/mol. The Morgan fingerprint density at radius 3 is 2.44 bits per heavy atom. The van der Waals surface area contributed by atoms with E-state index in [2.05, 4.69) is 5.32 Å². The van der Waals surface area contributed by atoms with Crippen LogP contribution in [0.2, 0.25) is 0 Å². The number of carboxylic acids is 1. The number of carbonyl (C=O) groups excluding carboxylic acids is 1. The molecule has 6 heteroatoms. The zero-order valence-corrected chi connectivity index (χ0v) is 10.8. The number of carboxylic acid groups (broad SMARTS) is 1. The quantitative estimate of drug-likeness (QED) is 0.670. The molecule has 104 valence electrons. The SMILES string of the molecule is CCC(CNC(=O)N1CCC(CO)CC1)C(=O)O. The molecule has 1 atom stereocenters. The van der Waals surface area contributed by atoms with E-state index in [1.807, 2.05) is 0 Å². The van der Waals surface area contributed by atoms with Gasteiger partial charge >= 0.3 is 12.0 Å². The number of aliphatic hydroxyl groups excluding tert-OH is 1. The van der Waals surface area contributed by atoms with Crippen LogP contribution in [-0.2, 0) is 4.79 Å². The third-order valence-electron chi connectivity index (χ3n) is 3.50. The van der Waals surface area contributed by atoms with Crippen molar-refractivity contribution in [3.05, 3.63) is 0 Å². The number of carbonyl (C=O) groups is 2. The molecule has 0 aliphatic carbocycles. The fraction of sp³-hybridized carbons (Fsp3) is 0.833. The number of urea groups is 1. The molecule has 18 heavy (non-hydrogen) atoms. The number of piperidine rings is 1. The highest BCUT2D eigenvalue weighted by molar-refractivity contribution is 5.76. The van der Waals surface area contributed by atoms with Gasteiger partial charge in [-0.3, -0.25) is 4.79 Å². The summed E-state index contributed by atoms with van der Waals surface area (Å²) in [6, 6.07) is -0.203. The summed E-state index contributed by atoms with van der Waals surface area (Å²) < 4.78 is 0. The fourth-order valence-corrected chi connectivity index (χ4v) is 2.05. The van der Waals surface area contributed by atoms with E-state index in [0.717, 1.165) is 12.8 Å². The third kappa shape index (κ3) is 4.18. The van der Waals surface area contributed by atoms with Gasteiger partial charge in [0.1, 0.15) is 0 Å². The summed E-state index contributed by atoms with van der Waals surface area (Å²) >= 11 is 0. The summed E-state index contributed by atoms with van der Waals surface area (Å²) in [4.78, 5) is 24.3. The summed E-state index contributed by atoms with van der Waals surface area (Å²) in [5, 5.41) is 20.5. The van der Waals surface area contributed by atoms with E-state index < -0.39 is 11.9 Å². The zero-order valence-electron chi connectivity index (χ0n) is 10.8. The van der Waals surface area contributed by atoms with Gasteiger partial charge in [-0.05, 0) is 25.2 Å². The maximum absolute atomic E-state index is 11.8. The maximum atomic E-state index is 11.8. The Bertz CT molecular complexity index is 288. The molecule has 1 heterocycles. The standard InChI is InChI=1S/C12H22N2O4/c1-2-10(11(16)17)7-13-12(18)14-5-3-9(8-15)4-6-14/h9-10,15H,2-8H2,1H3,(H,13,18)(H,16,17). The molecule has 1 unspecified atom stereocenters. The second kappa shape index (κ2) is 7.20. The summed E-state index contributed by atoms with van der Waals surface area (Å²) in [5.41, 5.74) is 0. The minimum absolute atomic E-state index is 0.171. The lowest BCUT2D eigenvalue weighted by molar-refractivity contribution is -0.141. The van der Waals surface area contributed by atoms with Crippen LogP contribution in [-0.4, -0.2) is 53.4 Å².